The van der Waals surface area contributed by atoms with Gasteiger partial charge in [-0.05, 0) is 67.1 Å². The normalized spacial score (nSPS) is 20.2. The lowest BCUT2D eigenvalue weighted by atomic mass is 9.88. The Morgan fingerprint density at radius 1 is 0.833 bits per heavy atom. The summed E-state index contributed by atoms with van der Waals surface area (Å²) < 4.78 is 157. The first-order valence-electron chi connectivity index (χ1n) is 12.4. The van der Waals surface area contributed by atoms with Gasteiger partial charge in [-0.3, -0.25) is 0 Å². The van der Waals surface area contributed by atoms with Crippen molar-refractivity contribution in [3.63, 3.8) is 0 Å². The van der Waals surface area contributed by atoms with Crippen LogP contribution in [0.15, 0.2) is 71.6 Å². The SMILES string of the molecule is O=S(=O)(c1ccc(F)cc1)[C@@]1(c2ccc(C(OCc3c(F)cccc3F)(C(F)(F)F)C(F)(F)F)cc2)CC[C@H](CO)C1. The van der Waals surface area contributed by atoms with Gasteiger partial charge in [0.05, 0.1) is 11.5 Å². The van der Waals surface area contributed by atoms with Crippen LogP contribution in [0.1, 0.15) is 36.0 Å². The zero-order valence-electron chi connectivity index (χ0n) is 21.4. The first-order valence-corrected chi connectivity index (χ1v) is 13.9. The Morgan fingerprint density at radius 2 is 1.38 bits per heavy atom. The van der Waals surface area contributed by atoms with Crippen LogP contribution in [-0.4, -0.2) is 32.5 Å². The van der Waals surface area contributed by atoms with Crippen molar-refractivity contribution in [2.24, 2.45) is 5.92 Å². The van der Waals surface area contributed by atoms with Gasteiger partial charge in [-0.25, -0.2) is 21.6 Å². The van der Waals surface area contributed by atoms with E-state index >= 15 is 0 Å². The zero-order chi connectivity index (χ0) is 31.1. The summed E-state index contributed by atoms with van der Waals surface area (Å²) in [6, 6.07) is 8.28. The van der Waals surface area contributed by atoms with E-state index in [1.807, 2.05) is 0 Å². The minimum Gasteiger partial charge on any atom is -0.396 e. The van der Waals surface area contributed by atoms with Crippen LogP contribution in [0.5, 0.6) is 0 Å². The van der Waals surface area contributed by atoms with E-state index < -0.39 is 80.2 Å². The molecule has 3 aromatic rings. The molecule has 0 unspecified atom stereocenters. The van der Waals surface area contributed by atoms with Crippen molar-refractivity contribution < 1.29 is 57.8 Å². The smallest absolute Gasteiger partial charge is 0.396 e. The molecule has 0 saturated heterocycles. The maximum absolute atomic E-state index is 14.3. The summed E-state index contributed by atoms with van der Waals surface area (Å²) in [6.07, 6.45) is -12.5. The van der Waals surface area contributed by atoms with Crippen molar-refractivity contribution in [3.8, 4) is 0 Å². The molecule has 1 aliphatic rings. The van der Waals surface area contributed by atoms with Crippen LogP contribution in [0.2, 0.25) is 0 Å². The predicted molar refractivity (Wildman–Crippen MR) is 131 cm³/mol. The minimum atomic E-state index is -6.18. The molecular weight excluding hydrogens is 603 g/mol. The lowest BCUT2D eigenvalue weighted by molar-refractivity contribution is -0.392. The first-order chi connectivity index (χ1) is 19.5. The number of aliphatic hydroxyl groups excluding tert-OH is 1. The van der Waals surface area contributed by atoms with Gasteiger partial charge >= 0.3 is 12.4 Å². The summed E-state index contributed by atoms with van der Waals surface area (Å²) in [7, 11) is -4.41. The summed E-state index contributed by atoms with van der Waals surface area (Å²) in [4.78, 5) is -0.332. The quantitative estimate of drug-likeness (QED) is 0.214. The molecule has 14 heteroatoms. The third-order valence-electron chi connectivity index (χ3n) is 7.58. The second kappa shape index (κ2) is 11.2. The van der Waals surface area contributed by atoms with Gasteiger partial charge in [0.25, 0.3) is 5.60 Å². The van der Waals surface area contributed by atoms with E-state index in [0.29, 0.717) is 24.3 Å². The molecule has 0 aliphatic heterocycles. The third kappa shape index (κ3) is 5.28. The number of ether oxygens (including phenoxy) is 1. The average molecular weight is 627 g/mol. The van der Waals surface area contributed by atoms with E-state index in [1.165, 1.54) is 0 Å². The van der Waals surface area contributed by atoms with Crippen molar-refractivity contribution in [1.82, 2.24) is 0 Å². The molecule has 3 aromatic carbocycles. The monoisotopic (exact) mass is 626 g/mol. The van der Waals surface area contributed by atoms with Crippen LogP contribution in [0, 0.1) is 23.4 Å². The average Bonchev–Trinajstić information content (AvgIpc) is 3.36. The minimum absolute atomic E-state index is 0.135. The highest BCUT2D eigenvalue weighted by Gasteiger charge is 2.73. The van der Waals surface area contributed by atoms with Crippen LogP contribution in [0.25, 0.3) is 0 Å². The number of halogens is 9. The van der Waals surface area contributed by atoms with E-state index in [-0.39, 0.29) is 29.7 Å². The van der Waals surface area contributed by atoms with Gasteiger partial charge in [-0.1, -0.05) is 30.3 Å². The van der Waals surface area contributed by atoms with Gasteiger partial charge in [-0.15, -0.1) is 0 Å². The van der Waals surface area contributed by atoms with Crippen LogP contribution in [0.4, 0.5) is 39.5 Å². The molecule has 2 atom stereocenters. The second-order valence-corrected chi connectivity index (χ2v) is 12.2. The summed E-state index contributed by atoms with van der Waals surface area (Å²) in [5.74, 6) is -4.13. The number of hydrogen-bond acceptors (Lipinski definition) is 4. The van der Waals surface area contributed by atoms with Gasteiger partial charge in [0, 0.05) is 17.7 Å². The standard InChI is InChI=1S/C28H23F9O4S/c29-20-8-10-21(11-9-20)42(39,40)25(13-12-17(14-25)15-38)18-4-6-19(7-5-18)26(27(32,33)34,28(35,36)37)41-16-22-23(30)2-1-3-24(22)31/h1-11,17,38H,12-16H2/t17-,25-/m0/s1. The van der Waals surface area contributed by atoms with Gasteiger partial charge < -0.3 is 9.84 Å². The topological polar surface area (TPSA) is 63.6 Å². The van der Waals surface area contributed by atoms with Gasteiger partial charge in [0.1, 0.15) is 22.2 Å². The molecule has 1 N–H and O–H groups in total. The number of hydrogen-bond donors (Lipinski definition) is 1. The van der Waals surface area contributed by atoms with Crippen LogP contribution in [-0.2, 0) is 31.5 Å². The van der Waals surface area contributed by atoms with Gasteiger partial charge in [0.15, 0.2) is 9.84 Å². The molecule has 4 rings (SSSR count). The molecule has 0 spiro atoms. The van der Waals surface area contributed by atoms with Crippen molar-refractivity contribution in [2.45, 2.75) is 53.5 Å². The molecule has 0 amide bonds. The Balaban J connectivity index is 1.84. The summed E-state index contributed by atoms with van der Waals surface area (Å²) in [6.45, 7) is -2.16. The van der Waals surface area contributed by atoms with Gasteiger partial charge in [-0.2, -0.15) is 26.3 Å². The maximum atomic E-state index is 14.3. The molecule has 4 nitrogen and oxygen atoms in total. The second-order valence-electron chi connectivity index (χ2n) is 9.99. The van der Waals surface area contributed by atoms with Crippen molar-refractivity contribution in [1.29, 1.82) is 0 Å². The molecule has 0 radical (unpaired) electrons. The fourth-order valence-electron chi connectivity index (χ4n) is 5.36. The molecule has 0 heterocycles. The van der Waals surface area contributed by atoms with Crippen LogP contribution < -0.4 is 0 Å². The Bertz CT molecular complexity index is 1480. The summed E-state index contributed by atoms with van der Waals surface area (Å²) in [5.41, 5.74) is -7.86. The molecule has 1 fully saturated rings. The number of sulfone groups is 1. The zero-order valence-corrected chi connectivity index (χ0v) is 22.3. The summed E-state index contributed by atoms with van der Waals surface area (Å²) in [5, 5.41) is 9.68. The van der Waals surface area contributed by atoms with Gasteiger partial charge in [0.2, 0.25) is 0 Å². The predicted octanol–water partition coefficient (Wildman–Crippen LogP) is 7.10. The maximum Gasteiger partial charge on any atom is 0.430 e. The van der Waals surface area contributed by atoms with Crippen molar-refractivity contribution >= 4 is 9.84 Å². The van der Waals surface area contributed by atoms with E-state index in [9.17, 15) is 53.0 Å². The highest BCUT2D eigenvalue weighted by Crippen LogP contribution is 2.55. The van der Waals surface area contributed by atoms with E-state index in [0.717, 1.165) is 42.5 Å². The first kappa shape index (κ1) is 31.8. The Labute approximate surface area is 234 Å². The lowest BCUT2D eigenvalue weighted by Gasteiger charge is -2.38. The lowest BCUT2D eigenvalue weighted by Crippen LogP contribution is -2.56. The Kier molecular flexibility index (Phi) is 8.48. The largest absolute Gasteiger partial charge is 0.430 e. The molecule has 0 aromatic heterocycles. The number of rotatable bonds is 8. The van der Waals surface area contributed by atoms with E-state index in [4.69, 9.17) is 0 Å². The van der Waals surface area contributed by atoms with Crippen LogP contribution in [0.3, 0.4) is 0 Å². The molecule has 0 bridgehead atoms. The van der Waals surface area contributed by atoms with E-state index in [1.54, 1.807) is 0 Å². The molecule has 42 heavy (non-hydrogen) atoms. The van der Waals surface area contributed by atoms with Crippen molar-refractivity contribution in [3.05, 3.63) is 101 Å². The molecule has 1 aliphatic carbocycles. The number of benzene rings is 3. The number of aliphatic hydroxyl groups is 1. The van der Waals surface area contributed by atoms with Crippen molar-refractivity contribution in [2.75, 3.05) is 6.61 Å². The fourth-order valence-corrected chi connectivity index (χ4v) is 7.59. The number of alkyl halides is 6. The highest BCUT2D eigenvalue weighted by atomic mass is 32.2. The van der Waals surface area contributed by atoms with E-state index in [2.05, 4.69) is 4.74 Å². The Morgan fingerprint density at radius 3 is 1.86 bits per heavy atom. The molecule has 1 saturated carbocycles. The highest BCUT2D eigenvalue weighted by molar-refractivity contribution is 7.92. The molecular formula is C28H23F9O4S. The third-order valence-corrected chi connectivity index (χ3v) is 10.1. The van der Waals surface area contributed by atoms with Crippen LogP contribution >= 0.6 is 0 Å². The fraction of sp³-hybridized carbons (Fsp3) is 0.357. The summed E-state index contributed by atoms with van der Waals surface area (Å²) >= 11 is 0. The Hall–Kier alpha value is -3.10. The molecule has 228 valence electrons.